The molecule has 2 nitrogen and oxygen atoms in total. The van der Waals surface area contributed by atoms with E-state index in [0.29, 0.717) is 6.04 Å². The van der Waals surface area contributed by atoms with Gasteiger partial charge in [0.05, 0.1) is 5.69 Å². The summed E-state index contributed by atoms with van der Waals surface area (Å²) in [7, 11) is 1.97. The summed E-state index contributed by atoms with van der Waals surface area (Å²) in [4.78, 5) is 4.37. The molecular weight excluding hydrogens is 172 g/mol. The molecule has 1 aromatic heterocycles. The normalized spacial score (nSPS) is 12.4. The van der Waals surface area contributed by atoms with E-state index in [1.54, 1.807) is 0 Å². The lowest BCUT2D eigenvalue weighted by molar-refractivity contribution is 0.540. The maximum absolute atomic E-state index is 4.37. The Morgan fingerprint density at radius 2 is 2.43 bits per heavy atom. The topological polar surface area (TPSA) is 24.9 Å². The van der Waals surface area contributed by atoms with Gasteiger partial charge in [0.25, 0.3) is 0 Å². The fourth-order valence-electron chi connectivity index (χ4n) is 1.47. The zero-order valence-electron chi connectivity index (χ0n) is 8.96. The quantitative estimate of drug-likeness (QED) is 0.722. The molecule has 0 fully saturated rings. The number of pyridine rings is 1. The van der Waals surface area contributed by atoms with Crippen molar-refractivity contribution in [2.24, 2.45) is 0 Å². The van der Waals surface area contributed by atoms with E-state index < -0.39 is 0 Å². The molecule has 1 rings (SSSR count). The molecule has 1 heterocycles. The Morgan fingerprint density at radius 1 is 1.64 bits per heavy atom. The SMILES string of the molecule is C=CCCC(NC)c1cc(C)ccn1. The molecule has 0 bridgehead atoms. The van der Waals surface area contributed by atoms with Crippen LogP contribution < -0.4 is 5.32 Å². The average Bonchev–Trinajstić information content (AvgIpc) is 2.19. The third-order valence-electron chi connectivity index (χ3n) is 2.30. The lowest BCUT2D eigenvalue weighted by atomic mass is 10.1. The van der Waals surface area contributed by atoms with E-state index >= 15 is 0 Å². The fraction of sp³-hybridized carbons (Fsp3) is 0.417. The van der Waals surface area contributed by atoms with Crippen LogP contribution in [-0.2, 0) is 0 Å². The standard InChI is InChI=1S/C12H18N2/c1-4-5-6-11(13-3)12-9-10(2)7-8-14-12/h4,7-9,11,13H,1,5-6H2,2-3H3. The fourth-order valence-corrected chi connectivity index (χ4v) is 1.47. The minimum Gasteiger partial charge on any atom is -0.312 e. The van der Waals surface area contributed by atoms with Crippen molar-refractivity contribution in [1.29, 1.82) is 0 Å². The van der Waals surface area contributed by atoms with Crippen LogP contribution in [0.15, 0.2) is 31.0 Å². The molecule has 0 aromatic carbocycles. The molecule has 1 atom stereocenters. The van der Waals surface area contributed by atoms with Crippen molar-refractivity contribution < 1.29 is 0 Å². The van der Waals surface area contributed by atoms with Crippen LogP contribution in [0, 0.1) is 6.92 Å². The summed E-state index contributed by atoms with van der Waals surface area (Å²) in [6, 6.07) is 4.49. The molecule has 0 saturated heterocycles. The molecule has 0 saturated carbocycles. The van der Waals surface area contributed by atoms with Crippen molar-refractivity contribution in [3.8, 4) is 0 Å². The summed E-state index contributed by atoms with van der Waals surface area (Å²) >= 11 is 0. The number of nitrogens with zero attached hydrogens (tertiary/aromatic N) is 1. The highest BCUT2D eigenvalue weighted by Gasteiger charge is 2.08. The second kappa shape index (κ2) is 5.55. The first-order valence-electron chi connectivity index (χ1n) is 4.98. The summed E-state index contributed by atoms with van der Waals surface area (Å²) in [5, 5.41) is 3.27. The molecule has 1 aromatic rings. The van der Waals surface area contributed by atoms with Gasteiger partial charge in [0, 0.05) is 12.2 Å². The van der Waals surface area contributed by atoms with Gasteiger partial charge in [-0.15, -0.1) is 6.58 Å². The first-order valence-corrected chi connectivity index (χ1v) is 4.98. The van der Waals surface area contributed by atoms with Gasteiger partial charge >= 0.3 is 0 Å². The number of hydrogen-bond acceptors (Lipinski definition) is 2. The maximum atomic E-state index is 4.37. The number of aryl methyl sites for hydroxylation is 1. The van der Waals surface area contributed by atoms with Gasteiger partial charge in [-0.25, -0.2) is 0 Å². The van der Waals surface area contributed by atoms with Crippen molar-refractivity contribution in [3.05, 3.63) is 42.2 Å². The Morgan fingerprint density at radius 3 is 3.00 bits per heavy atom. The summed E-state index contributed by atoms with van der Waals surface area (Å²) < 4.78 is 0. The first-order chi connectivity index (χ1) is 6.77. The van der Waals surface area contributed by atoms with Crippen LogP contribution >= 0.6 is 0 Å². The summed E-state index contributed by atoms with van der Waals surface area (Å²) in [6.07, 6.45) is 5.88. The second-order valence-corrected chi connectivity index (χ2v) is 3.47. The van der Waals surface area contributed by atoms with Crippen LogP contribution in [-0.4, -0.2) is 12.0 Å². The Hall–Kier alpha value is -1.15. The molecule has 14 heavy (non-hydrogen) atoms. The lowest BCUT2D eigenvalue weighted by Gasteiger charge is -2.14. The van der Waals surface area contributed by atoms with E-state index in [1.165, 1.54) is 5.56 Å². The molecule has 1 N–H and O–H groups in total. The summed E-state index contributed by atoms with van der Waals surface area (Å²) in [5.41, 5.74) is 2.38. The van der Waals surface area contributed by atoms with Gasteiger partial charge in [0.2, 0.25) is 0 Å². The van der Waals surface area contributed by atoms with Gasteiger partial charge in [-0.2, -0.15) is 0 Å². The van der Waals surface area contributed by atoms with Crippen molar-refractivity contribution >= 4 is 0 Å². The summed E-state index contributed by atoms with van der Waals surface area (Å²) in [5.74, 6) is 0. The number of aromatic nitrogens is 1. The molecule has 0 aliphatic heterocycles. The van der Waals surface area contributed by atoms with Gasteiger partial charge < -0.3 is 5.32 Å². The monoisotopic (exact) mass is 190 g/mol. The number of nitrogens with one attached hydrogen (secondary N) is 1. The molecule has 0 aliphatic carbocycles. The molecular formula is C12H18N2. The van der Waals surface area contributed by atoms with Gasteiger partial charge in [-0.3, -0.25) is 4.98 Å². The molecule has 0 spiro atoms. The predicted octanol–water partition coefficient (Wildman–Crippen LogP) is 2.62. The molecule has 0 radical (unpaired) electrons. The first kappa shape index (κ1) is 10.9. The molecule has 0 amide bonds. The van der Waals surface area contributed by atoms with Crippen LogP contribution in [0.3, 0.4) is 0 Å². The van der Waals surface area contributed by atoms with Crippen LogP contribution in [0.4, 0.5) is 0 Å². The van der Waals surface area contributed by atoms with E-state index in [9.17, 15) is 0 Å². The number of allylic oxidation sites excluding steroid dienone is 1. The predicted molar refractivity (Wildman–Crippen MR) is 60.2 cm³/mol. The maximum Gasteiger partial charge on any atom is 0.0575 e. The highest BCUT2D eigenvalue weighted by molar-refractivity contribution is 5.17. The molecule has 0 aliphatic rings. The van der Waals surface area contributed by atoms with Crippen LogP contribution in [0.25, 0.3) is 0 Å². The zero-order valence-corrected chi connectivity index (χ0v) is 8.96. The Bertz CT molecular complexity index is 294. The van der Waals surface area contributed by atoms with Gasteiger partial charge in [-0.1, -0.05) is 6.08 Å². The van der Waals surface area contributed by atoms with E-state index in [0.717, 1.165) is 18.5 Å². The third kappa shape index (κ3) is 2.96. The number of hydrogen-bond donors (Lipinski definition) is 1. The summed E-state index contributed by atoms with van der Waals surface area (Å²) in [6.45, 7) is 5.82. The Balaban J connectivity index is 2.72. The average molecular weight is 190 g/mol. The highest BCUT2D eigenvalue weighted by Crippen LogP contribution is 2.16. The van der Waals surface area contributed by atoms with Crippen molar-refractivity contribution in [3.63, 3.8) is 0 Å². The Labute approximate surface area is 86.1 Å². The van der Waals surface area contributed by atoms with E-state index in [-0.39, 0.29) is 0 Å². The van der Waals surface area contributed by atoms with Crippen LogP contribution in [0.5, 0.6) is 0 Å². The van der Waals surface area contributed by atoms with Gasteiger partial charge in [-0.05, 0) is 44.5 Å². The molecule has 1 unspecified atom stereocenters. The highest BCUT2D eigenvalue weighted by atomic mass is 14.9. The lowest BCUT2D eigenvalue weighted by Crippen LogP contribution is -2.17. The second-order valence-electron chi connectivity index (χ2n) is 3.47. The van der Waals surface area contributed by atoms with Crippen molar-refractivity contribution in [2.45, 2.75) is 25.8 Å². The molecule has 76 valence electrons. The smallest absolute Gasteiger partial charge is 0.0575 e. The minimum atomic E-state index is 0.341. The van der Waals surface area contributed by atoms with Crippen LogP contribution in [0.2, 0.25) is 0 Å². The van der Waals surface area contributed by atoms with Crippen LogP contribution in [0.1, 0.15) is 30.1 Å². The van der Waals surface area contributed by atoms with E-state index in [4.69, 9.17) is 0 Å². The third-order valence-corrected chi connectivity index (χ3v) is 2.30. The van der Waals surface area contributed by atoms with Crippen molar-refractivity contribution in [2.75, 3.05) is 7.05 Å². The number of rotatable bonds is 5. The minimum absolute atomic E-state index is 0.341. The van der Waals surface area contributed by atoms with Gasteiger partial charge in [0.1, 0.15) is 0 Å². The zero-order chi connectivity index (χ0) is 10.4. The van der Waals surface area contributed by atoms with E-state index in [1.807, 2.05) is 25.4 Å². The van der Waals surface area contributed by atoms with E-state index in [2.05, 4.69) is 29.9 Å². The largest absolute Gasteiger partial charge is 0.312 e. The Kier molecular flexibility index (Phi) is 4.33. The van der Waals surface area contributed by atoms with Gasteiger partial charge in [0.15, 0.2) is 0 Å². The van der Waals surface area contributed by atoms with Crippen molar-refractivity contribution in [1.82, 2.24) is 10.3 Å². The molecule has 2 heteroatoms.